The Hall–Kier alpha value is -3.84. The van der Waals surface area contributed by atoms with E-state index in [4.69, 9.17) is 4.74 Å². The Bertz CT molecular complexity index is 1420. The molecule has 1 saturated heterocycles. The highest BCUT2D eigenvalue weighted by molar-refractivity contribution is 5.82. The highest BCUT2D eigenvalue weighted by Gasteiger charge is 2.35. The van der Waals surface area contributed by atoms with Crippen molar-refractivity contribution in [2.75, 3.05) is 26.3 Å². The van der Waals surface area contributed by atoms with Gasteiger partial charge in [0, 0.05) is 18.7 Å². The van der Waals surface area contributed by atoms with Crippen molar-refractivity contribution in [1.82, 2.24) is 19.8 Å². The van der Waals surface area contributed by atoms with Crippen LogP contribution < -0.4 is 4.74 Å². The summed E-state index contributed by atoms with van der Waals surface area (Å²) in [6.45, 7) is 4.24. The lowest BCUT2D eigenvalue weighted by molar-refractivity contribution is 0.0760. The molecule has 0 bridgehead atoms. The number of carbonyl (C=O) groups excluding carboxylic acids is 1. The van der Waals surface area contributed by atoms with E-state index < -0.39 is 0 Å². The number of likely N-dealkylation sites (tertiary alicyclic amines) is 1. The van der Waals surface area contributed by atoms with Gasteiger partial charge in [0.1, 0.15) is 18.2 Å². The first-order valence-corrected chi connectivity index (χ1v) is 13.0. The summed E-state index contributed by atoms with van der Waals surface area (Å²) in [5.41, 5.74) is 6.26. The van der Waals surface area contributed by atoms with Crippen molar-refractivity contribution < 1.29 is 14.6 Å². The monoisotopic (exact) mass is 496 g/mol. The van der Waals surface area contributed by atoms with Gasteiger partial charge in [-0.05, 0) is 66.6 Å². The SMILES string of the molecule is Cc1nc2ccc(-c3ccc4c(c3)CN(C(=O)N3CC[C@H](CO)C[C@H]3c3ccccc3)CCO4)cc2[nH]1. The first-order valence-electron chi connectivity index (χ1n) is 13.0. The highest BCUT2D eigenvalue weighted by Crippen LogP contribution is 2.36. The number of urea groups is 1. The fourth-order valence-corrected chi connectivity index (χ4v) is 5.66. The smallest absolute Gasteiger partial charge is 0.320 e. The number of aliphatic hydroxyl groups is 1. The first-order chi connectivity index (χ1) is 18.1. The van der Waals surface area contributed by atoms with Crippen LogP contribution in [0.2, 0.25) is 0 Å². The van der Waals surface area contributed by atoms with Gasteiger partial charge in [-0.2, -0.15) is 0 Å². The van der Waals surface area contributed by atoms with E-state index in [0.29, 0.717) is 26.2 Å². The van der Waals surface area contributed by atoms with E-state index in [0.717, 1.165) is 57.7 Å². The van der Waals surface area contributed by atoms with Gasteiger partial charge in [0.2, 0.25) is 0 Å². The number of nitrogens with one attached hydrogen (secondary N) is 1. The maximum atomic E-state index is 13.9. The normalized spacial score (nSPS) is 19.8. The number of fused-ring (bicyclic) bond motifs is 2. The topological polar surface area (TPSA) is 81.7 Å². The summed E-state index contributed by atoms with van der Waals surface area (Å²) in [5.74, 6) is 1.94. The van der Waals surface area contributed by atoms with Crippen molar-refractivity contribution >= 4 is 17.1 Å². The number of carbonyl (C=O) groups is 1. The lowest BCUT2D eigenvalue weighted by atomic mass is 9.87. The Balaban J connectivity index is 1.27. The molecule has 190 valence electrons. The van der Waals surface area contributed by atoms with E-state index >= 15 is 0 Å². The Labute approximate surface area is 216 Å². The molecule has 2 aliphatic heterocycles. The van der Waals surface area contributed by atoms with Gasteiger partial charge in [0.15, 0.2) is 0 Å². The highest BCUT2D eigenvalue weighted by atomic mass is 16.5. The van der Waals surface area contributed by atoms with E-state index in [2.05, 4.69) is 46.4 Å². The number of aromatic amines is 1. The molecular formula is C30H32N4O3. The molecule has 2 atom stereocenters. The van der Waals surface area contributed by atoms with Gasteiger partial charge in [0.05, 0.1) is 30.2 Å². The van der Waals surface area contributed by atoms with Crippen molar-refractivity contribution in [3.8, 4) is 16.9 Å². The fourth-order valence-electron chi connectivity index (χ4n) is 5.66. The number of ether oxygens (including phenoxy) is 1. The first kappa shape index (κ1) is 23.6. The molecule has 7 nitrogen and oxygen atoms in total. The zero-order valence-corrected chi connectivity index (χ0v) is 21.1. The van der Waals surface area contributed by atoms with E-state index in [-0.39, 0.29) is 24.6 Å². The van der Waals surface area contributed by atoms with Crippen LogP contribution in [0.15, 0.2) is 66.7 Å². The number of aryl methyl sites for hydroxylation is 1. The van der Waals surface area contributed by atoms with Crippen LogP contribution in [0.4, 0.5) is 4.79 Å². The average molecular weight is 497 g/mol. The second kappa shape index (κ2) is 9.90. The van der Waals surface area contributed by atoms with E-state index in [1.807, 2.05) is 47.1 Å². The number of nitrogens with zero attached hydrogens (tertiary/aromatic N) is 3. The molecule has 0 spiro atoms. The molecule has 0 aliphatic carbocycles. The number of amides is 2. The number of piperidine rings is 1. The number of aliphatic hydroxyl groups excluding tert-OH is 1. The third-order valence-electron chi connectivity index (χ3n) is 7.64. The van der Waals surface area contributed by atoms with Crippen LogP contribution in [0, 0.1) is 12.8 Å². The lowest BCUT2D eigenvalue weighted by Crippen LogP contribution is -2.48. The van der Waals surface area contributed by atoms with Crippen molar-refractivity contribution in [1.29, 1.82) is 0 Å². The Morgan fingerprint density at radius 1 is 1.08 bits per heavy atom. The number of imidazole rings is 1. The average Bonchev–Trinajstić information content (AvgIpc) is 3.18. The number of hydrogen-bond acceptors (Lipinski definition) is 4. The predicted octanol–water partition coefficient (Wildman–Crippen LogP) is 5.30. The molecule has 37 heavy (non-hydrogen) atoms. The lowest BCUT2D eigenvalue weighted by Gasteiger charge is -2.41. The van der Waals surface area contributed by atoms with E-state index in [1.54, 1.807) is 0 Å². The fraction of sp³-hybridized carbons (Fsp3) is 0.333. The molecule has 0 unspecified atom stereocenters. The minimum atomic E-state index is -0.0424. The van der Waals surface area contributed by atoms with E-state index in [1.165, 1.54) is 0 Å². The van der Waals surface area contributed by atoms with Crippen LogP contribution in [-0.2, 0) is 6.54 Å². The quantitative estimate of drug-likeness (QED) is 0.403. The zero-order chi connectivity index (χ0) is 25.4. The largest absolute Gasteiger partial charge is 0.491 e. The Morgan fingerprint density at radius 2 is 1.89 bits per heavy atom. The maximum Gasteiger partial charge on any atom is 0.320 e. The molecular weight excluding hydrogens is 464 g/mol. The van der Waals surface area contributed by atoms with Crippen LogP contribution in [0.1, 0.15) is 35.8 Å². The number of aromatic nitrogens is 2. The van der Waals surface area contributed by atoms with Gasteiger partial charge >= 0.3 is 6.03 Å². The molecule has 2 aliphatic rings. The third kappa shape index (κ3) is 4.67. The molecule has 0 saturated carbocycles. The summed E-state index contributed by atoms with van der Waals surface area (Å²) >= 11 is 0. The summed E-state index contributed by atoms with van der Waals surface area (Å²) in [4.78, 5) is 25.6. The summed E-state index contributed by atoms with van der Waals surface area (Å²) in [5, 5.41) is 9.82. The molecule has 1 fully saturated rings. The molecule has 0 radical (unpaired) electrons. The summed E-state index contributed by atoms with van der Waals surface area (Å²) in [6, 6.07) is 22.6. The number of benzene rings is 3. The van der Waals surface area contributed by atoms with Crippen LogP contribution >= 0.6 is 0 Å². The minimum Gasteiger partial charge on any atom is -0.491 e. The van der Waals surface area contributed by atoms with Gasteiger partial charge in [-0.1, -0.05) is 42.5 Å². The number of hydrogen-bond donors (Lipinski definition) is 2. The predicted molar refractivity (Wildman–Crippen MR) is 143 cm³/mol. The summed E-state index contributed by atoms with van der Waals surface area (Å²) < 4.78 is 6.06. The molecule has 3 heterocycles. The van der Waals surface area contributed by atoms with Crippen LogP contribution in [0.3, 0.4) is 0 Å². The van der Waals surface area contributed by atoms with E-state index in [9.17, 15) is 9.90 Å². The molecule has 3 aromatic carbocycles. The maximum absolute atomic E-state index is 13.9. The number of rotatable bonds is 3. The van der Waals surface area contributed by atoms with Crippen LogP contribution in [-0.4, -0.2) is 57.2 Å². The van der Waals surface area contributed by atoms with Gasteiger partial charge in [0.25, 0.3) is 0 Å². The molecule has 4 aromatic rings. The second-order valence-electron chi connectivity index (χ2n) is 10.1. The van der Waals surface area contributed by atoms with Crippen molar-refractivity contribution in [2.45, 2.75) is 32.4 Å². The molecule has 7 heteroatoms. The van der Waals surface area contributed by atoms with Crippen molar-refractivity contribution in [3.63, 3.8) is 0 Å². The third-order valence-corrected chi connectivity index (χ3v) is 7.64. The van der Waals surface area contributed by atoms with Crippen LogP contribution in [0.25, 0.3) is 22.2 Å². The molecule has 2 N–H and O–H groups in total. The van der Waals surface area contributed by atoms with Gasteiger partial charge < -0.3 is 24.6 Å². The minimum absolute atomic E-state index is 0.0291. The van der Waals surface area contributed by atoms with Crippen molar-refractivity contribution in [2.24, 2.45) is 5.92 Å². The summed E-state index contributed by atoms with van der Waals surface area (Å²) in [6.07, 6.45) is 1.58. The van der Waals surface area contributed by atoms with Crippen molar-refractivity contribution in [3.05, 3.63) is 83.7 Å². The van der Waals surface area contributed by atoms with Crippen LogP contribution in [0.5, 0.6) is 5.75 Å². The zero-order valence-electron chi connectivity index (χ0n) is 21.1. The second-order valence-corrected chi connectivity index (χ2v) is 10.1. The molecule has 2 amide bonds. The Morgan fingerprint density at radius 3 is 2.73 bits per heavy atom. The van der Waals surface area contributed by atoms with Gasteiger partial charge in [-0.3, -0.25) is 0 Å². The molecule has 1 aromatic heterocycles. The molecule has 6 rings (SSSR count). The van der Waals surface area contributed by atoms with Gasteiger partial charge in [-0.15, -0.1) is 0 Å². The number of H-pyrrole nitrogens is 1. The Kier molecular flexibility index (Phi) is 6.30. The standard InChI is InChI=1S/C30H32N4O3/c1-20-31-26-9-7-24(17-27(26)32-20)23-8-10-29-25(16-23)18-33(13-14-37-29)30(36)34-12-11-21(19-35)15-28(34)22-5-3-2-4-6-22/h2-10,16-17,21,28,35H,11-15,18-19H2,1H3,(H,31,32)/t21-,28-/m0/s1. The summed E-state index contributed by atoms with van der Waals surface area (Å²) in [7, 11) is 0. The van der Waals surface area contributed by atoms with Gasteiger partial charge in [-0.25, -0.2) is 9.78 Å².